The van der Waals surface area contributed by atoms with Crippen molar-refractivity contribution in [2.24, 2.45) is 0 Å². The van der Waals surface area contributed by atoms with Crippen LogP contribution in [0.2, 0.25) is 0 Å². The molecule has 0 radical (unpaired) electrons. The number of aryl methyl sites for hydroxylation is 2. The Bertz CT molecular complexity index is 977. The largest absolute Gasteiger partial charge is 0.496 e. The molecule has 0 atom stereocenters. The molecule has 0 saturated heterocycles. The fraction of sp³-hybridized carbons (Fsp3) is 0.273. The first kappa shape index (κ1) is 17.3. The Balaban J connectivity index is 1.59. The number of amides is 1. The van der Waals surface area contributed by atoms with Gasteiger partial charge in [-0.25, -0.2) is 4.68 Å². The predicted octanol–water partition coefficient (Wildman–Crippen LogP) is 3.86. The quantitative estimate of drug-likeness (QED) is 0.751. The minimum absolute atomic E-state index is 0.0358. The number of carbonyl (C=O) groups is 1. The fourth-order valence-corrected chi connectivity index (χ4v) is 3.69. The van der Waals surface area contributed by atoms with Crippen LogP contribution in [0.3, 0.4) is 0 Å². The predicted molar refractivity (Wildman–Crippen MR) is 106 cm³/mol. The van der Waals surface area contributed by atoms with Crippen LogP contribution in [0.25, 0.3) is 5.69 Å². The average Bonchev–Trinajstić information content (AvgIpc) is 3.25. The lowest BCUT2D eigenvalue weighted by molar-refractivity contribution is -0.115. The highest BCUT2D eigenvalue weighted by atomic mass is 16.5. The Morgan fingerprint density at radius 1 is 1.19 bits per heavy atom. The third-order valence-electron chi connectivity index (χ3n) is 4.99. The van der Waals surface area contributed by atoms with Crippen molar-refractivity contribution in [3.05, 3.63) is 70.9 Å². The number of ether oxygens (including phenoxy) is 1. The summed E-state index contributed by atoms with van der Waals surface area (Å²) in [6.45, 7) is 1.98. The van der Waals surface area contributed by atoms with E-state index in [2.05, 4.69) is 5.32 Å². The van der Waals surface area contributed by atoms with Crippen LogP contribution in [0, 0.1) is 6.92 Å². The second-order valence-corrected chi connectivity index (χ2v) is 6.90. The van der Waals surface area contributed by atoms with Crippen molar-refractivity contribution >= 4 is 11.7 Å². The molecule has 1 heterocycles. The minimum Gasteiger partial charge on any atom is -0.496 e. The highest BCUT2D eigenvalue weighted by Crippen LogP contribution is 2.31. The monoisotopic (exact) mass is 361 g/mol. The van der Waals surface area contributed by atoms with Crippen molar-refractivity contribution in [3.8, 4) is 11.4 Å². The molecular formula is C22H23N3O2. The first-order chi connectivity index (χ1) is 13.2. The van der Waals surface area contributed by atoms with Crippen LogP contribution in [-0.2, 0) is 24.1 Å². The molecule has 0 bridgehead atoms. The topological polar surface area (TPSA) is 56.1 Å². The summed E-state index contributed by atoms with van der Waals surface area (Å²) in [5, 5.41) is 7.86. The number of hydrogen-bond acceptors (Lipinski definition) is 3. The number of carbonyl (C=O) groups excluding carboxylic acids is 1. The lowest BCUT2D eigenvalue weighted by atomic mass is 10.1. The molecule has 1 N–H and O–H groups in total. The van der Waals surface area contributed by atoms with Gasteiger partial charge in [-0.05, 0) is 55.5 Å². The third-order valence-corrected chi connectivity index (χ3v) is 4.99. The summed E-state index contributed by atoms with van der Waals surface area (Å²) in [6.07, 6.45) is 3.34. The van der Waals surface area contributed by atoms with E-state index in [0.29, 0.717) is 6.42 Å². The maximum absolute atomic E-state index is 12.7. The zero-order valence-corrected chi connectivity index (χ0v) is 15.7. The van der Waals surface area contributed by atoms with Gasteiger partial charge in [-0.3, -0.25) is 4.79 Å². The molecule has 1 aliphatic carbocycles. The van der Waals surface area contributed by atoms with Crippen molar-refractivity contribution in [1.29, 1.82) is 0 Å². The summed E-state index contributed by atoms with van der Waals surface area (Å²) in [5.74, 6) is 1.61. The van der Waals surface area contributed by atoms with E-state index in [1.165, 1.54) is 0 Å². The Morgan fingerprint density at radius 2 is 2.00 bits per heavy atom. The Morgan fingerprint density at radius 3 is 2.74 bits per heavy atom. The molecule has 1 aromatic heterocycles. The summed E-state index contributed by atoms with van der Waals surface area (Å²) < 4.78 is 7.16. The molecule has 0 aliphatic heterocycles. The maximum atomic E-state index is 12.7. The Kier molecular flexibility index (Phi) is 4.67. The number of rotatable bonds is 5. The van der Waals surface area contributed by atoms with E-state index in [-0.39, 0.29) is 5.91 Å². The molecular weight excluding hydrogens is 338 g/mol. The second kappa shape index (κ2) is 7.27. The van der Waals surface area contributed by atoms with Crippen LogP contribution in [-0.4, -0.2) is 22.8 Å². The number of methoxy groups -OCH3 is 1. The fourth-order valence-electron chi connectivity index (χ4n) is 3.69. The van der Waals surface area contributed by atoms with Gasteiger partial charge >= 0.3 is 0 Å². The van der Waals surface area contributed by atoms with Crippen LogP contribution < -0.4 is 10.1 Å². The lowest BCUT2D eigenvalue weighted by Gasteiger charge is -2.12. The molecule has 0 spiro atoms. The van der Waals surface area contributed by atoms with Gasteiger partial charge in [0.2, 0.25) is 5.91 Å². The zero-order chi connectivity index (χ0) is 18.8. The SMILES string of the molecule is COc1ccc(CC(=O)Nc2c3c(nn2-c2ccccc2)CCC3)cc1C. The molecule has 138 valence electrons. The van der Waals surface area contributed by atoms with E-state index in [0.717, 1.165) is 58.9 Å². The van der Waals surface area contributed by atoms with Crippen LogP contribution in [0.15, 0.2) is 48.5 Å². The standard InChI is InChI=1S/C22H23N3O2/c1-15-13-16(11-12-20(15)27-2)14-21(26)23-22-18-9-6-10-19(18)24-25(22)17-7-4-3-5-8-17/h3-5,7-8,11-13H,6,9-10,14H2,1-2H3,(H,23,26). The lowest BCUT2D eigenvalue weighted by Crippen LogP contribution is -2.18. The number of nitrogens with zero attached hydrogens (tertiary/aromatic N) is 2. The van der Waals surface area contributed by atoms with Gasteiger partial charge in [-0.15, -0.1) is 0 Å². The summed E-state index contributed by atoms with van der Waals surface area (Å²) in [7, 11) is 1.65. The van der Waals surface area contributed by atoms with Gasteiger partial charge in [0.05, 0.1) is 24.9 Å². The highest BCUT2D eigenvalue weighted by Gasteiger charge is 2.24. The van der Waals surface area contributed by atoms with E-state index in [1.807, 2.05) is 60.1 Å². The molecule has 1 amide bonds. The van der Waals surface area contributed by atoms with Gasteiger partial charge in [-0.2, -0.15) is 5.10 Å². The number of aromatic nitrogens is 2. The number of benzene rings is 2. The van der Waals surface area contributed by atoms with Crippen LogP contribution in [0.1, 0.15) is 28.8 Å². The average molecular weight is 361 g/mol. The highest BCUT2D eigenvalue weighted by molar-refractivity contribution is 5.92. The Hall–Kier alpha value is -3.08. The van der Waals surface area contributed by atoms with Crippen molar-refractivity contribution in [2.45, 2.75) is 32.6 Å². The van der Waals surface area contributed by atoms with Crippen molar-refractivity contribution in [2.75, 3.05) is 12.4 Å². The number of hydrogen-bond donors (Lipinski definition) is 1. The second-order valence-electron chi connectivity index (χ2n) is 6.90. The van der Waals surface area contributed by atoms with E-state index < -0.39 is 0 Å². The molecule has 0 saturated carbocycles. The van der Waals surface area contributed by atoms with Crippen molar-refractivity contribution in [1.82, 2.24) is 9.78 Å². The Labute approximate surface area is 159 Å². The molecule has 2 aromatic carbocycles. The molecule has 1 aliphatic rings. The molecule has 27 heavy (non-hydrogen) atoms. The molecule has 3 aromatic rings. The summed E-state index contributed by atoms with van der Waals surface area (Å²) >= 11 is 0. The first-order valence-corrected chi connectivity index (χ1v) is 9.25. The summed E-state index contributed by atoms with van der Waals surface area (Å²) in [5.41, 5.74) is 5.21. The summed E-state index contributed by atoms with van der Waals surface area (Å²) in [4.78, 5) is 12.7. The van der Waals surface area contributed by atoms with E-state index in [4.69, 9.17) is 9.84 Å². The van der Waals surface area contributed by atoms with Crippen LogP contribution in [0.5, 0.6) is 5.75 Å². The van der Waals surface area contributed by atoms with Gasteiger partial charge < -0.3 is 10.1 Å². The van der Waals surface area contributed by atoms with Gasteiger partial charge in [0.25, 0.3) is 0 Å². The number of fused-ring (bicyclic) bond motifs is 1. The number of nitrogens with one attached hydrogen (secondary N) is 1. The molecule has 5 heteroatoms. The minimum atomic E-state index is -0.0358. The van der Waals surface area contributed by atoms with Crippen LogP contribution in [0.4, 0.5) is 5.82 Å². The number of anilines is 1. The normalized spacial score (nSPS) is 12.7. The van der Waals surface area contributed by atoms with Crippen molar-refractivity contribution in [3.63, 3.8) is 0 Å². The summed E-state index contributed by atoms with van der Waals surface area (Å²) in [6, 6.07) is 15.8. The first-order valence-electron chi connectivity index (χ1n) is 9.25. The zero-order valence-electron chi connectivity index (χ0n) is 15.7. The maximum Gasteiger partial charge on any atom is 0.229 e. The molecule has 0 fully saturated rings. The van der Waals surface area contributed by atoms with E-state index in [9.17, 15) is 4.79 Å². The van der Waals surface area contributed by atoms with Crippen LogP contribution >= 0.6 is 0 Å². The van der Waals surface area contributed by atoms with Gasteiger partial charge in [0, 0.05) is 5.56 Å². The molecule has 4 rings (SSSR count). The van der Waals surface area contributed by atoms with Gasteiger partial charge in [-0.1, -0.05) is 30.3 Å². The van der Waals surface area contributed by atoms with E-state index in [1.54, 1.807) is 7.11 Å². The molecule has 5 nitrogen and oxygen atoms in total. The smallest absolute Gasteiger partial charge is 0.229 e. The molecule has 0 unspecified atom stereocenters. The number of para-hydroxylation sites is 1. The van der Waals surface area contributed by atoms with Crippen molar-refractivity contribution < 1.29 is 9.53 Å². The van der Waals surface area contributed by atoms with E-state index >= 15 is 0 Å². The van der Waals surface area contributed by atoms with Gasteiger partial charge in [0.1, 0.15) is 11.6 Å². The van der Waals surface area contributed by atoms with Gasteiger partial charge in [0.15, 0.2) is 0 Å². The third kappa shape index (κ3) is 3.45.